The Morgan fingerprint density at radius 2 is 1.96 bits per heavy atom. The van der Waals surface area contributed by atoms with Crippen molar-refractivity contribution in [3.63, 3.8) is 0 Å². The van der Waals surface area contributed by atoms with Gasteiger partial charge >= 0.3 is 0 Å². The van der Waals surface area contributed by atoms with Crippen molar-refractivity contribution >= 4 is 16.6 Å². The number of nitrogens with one attached hydrogen (secondary N) is 1. The van der Waals surface area contributed by atoms with Gasteiger partial charge < -0.3 is 9.88 Å². The molecule has 5 heteroatoms. The monoisotopic (exact) mass is 327 g/mol. The molecule has 5 nitrogen and oxygen atoms in total. The average molecular weight is 327 g/mol. The standard InChI is InChI=1S/C20H17N5/c1-15(13-25-8-7-22-14-25)24-20-10-19-9-16(4-5-18(19)12-23-20)17-3-2-6-21-11-17/h2-12,14H,1,13H2,(H,23,24). The van der Waals surface area contributed by atoms with E-state index in [-0.39, 0.29) is 0 Å². The number of anilines is 1. The maximum absolute atomic E-state index is 4.47. The number of allylic oxidation sites excluding steroid dienone is 1. The van der Waals surface area contributed by atoms with Crippen molar-refractivity contribution in [2.24, 2.45) is 0 Å². The van der Waals surface area contributed by atoms with Crippen LogP contribution in [0.5, 0.6) is 0 Å². The highest BCUT2D eigenvalue weighted by Gasteiger charge is 2.03. The van der Waals surface area contributed by atoms with Gasteiger partial charge in [-0.2, -0.15) is 0 Å². The smallest absolute Gasteiger partial charge is 0.130 e. The number of pyridine rings is 2. The first kappa shape index (κ1) is 15.1. The van der Waals surface area contributed by atoms with Crippen molar-refractivity contribution in [2.75, 3.05) is 5.32 Å². The molecule has 0 spiro atoms. The van der Waals surface area contributed by atoms with E-state index in [1.807, 2.05) is 35.3 Å². The number of benzene rings is 1. The number of nitrogens with zero attached hydrogens (tertiary/aromatic N) is 4. The van der Waals surface area contributed by atoms with Crippen LogP contribution in [0.4, 0.5) is 5.82 Å². The Bertz CT molecular complexity index is 1010. The third-order valence-corrected chi connectivity index (χ3v) is 3.95. The van der Waals surface area contributed by atoms with Gasteiger partial charge in [-0.05, 0) is 29.1 Å². The van der Waals surface area contributed by atoms with E-state index in [2.05, 4.69) is 51.1 Å². The lowest BCUT2D eigenvalue weighted by molar-refractivity contribution is 0.787. The molecule has 0 atom stereocenters. The Morgan fingerprint density at radius 3 is 2.76 bits per heavy atom. The molecule has 0 fully saturated rings. The lowest BCUT2D eigenvalue weighted by atomic mass is 10.0. The number of fused-ring (bicyclic) bond motifs is 1. The average Bonchev–Trinajstić information content (AvgIpc) is 3.14. The molecule has 0 bridgehead atoms. The SMILES string of the molecule is C=C(Cn1ccnc1)Nc1cc2cc(-c3cccnc3)ccc2cn1. The van der Waals surface area contributed by atoms with Crippen LogP contribution in [-0.2, 0) is 6.54 Å². The predicted molar refractivity (Wildman–Crippen MR) is 100.0 cm³/mol. The van der Waals surface area contributed by atoms with E-state index in [0.717, 1.165) is 33.4 Å². The van der Waals surface area contributed by atoms with Gasteiger partial charge in [-0.3, -0.25) is 4.98 Å². The number of hydrogen-bond donors (Lipinski definition) is 1. The van der Waals surface area contributed by atoms with Crippen LogP contribution in [0, 0.1) is 0 Å². The molecule has 4 rings (SSSR count). The zero-order valence-corrected chi connectivity index (χ0v) is 13.6. The minimum absolute atomic E-state index is 0.648. The normalized spacial score (nSPS) is 10.7. The van der Waals surface area contributed by atoms with Crippen LogP contribution in [0.1, 0.15) is 0 Å². The molecule has 0 saturated heterocycles. The van der Waals surface area contributed by atoms with Gasteiger partial charge in [-0.25, -0.2) is 9.97 Å². The molecule has 122 valence electrons. The molecule has 0 aliphatic heterocycles. The van der Waals surface area contributed by atoms with E-state index >= 15 is 0 Å². The minimum atomic E-state index is 0.648. The van der Waals surface area contributed by atoms with Crippen LogP contribution < -0.4 is 5.32 Å². The highest BCUT2D eigenvalue weighted by Crippen LogP contribution is 2.25. The van der Waals surface area contributed by atoms with Crippen molar-refractivity contribution < 1.29 is 0 Å². The van der Waals surface area contributed by atoms with Crippen molar-refractivity contribution in [2.45, 2.75) is 6.54 Å². The van der Waals surface area contributed by atoms with Crippen LogP contribution >= 0.6 is 0 Å². The largest absolute Gasteiger partial charge is 0.343 e. The lowest BCUT2D eigenvalue weighted by Gasteiger charge is -2.10. The van der Waals surface area contributed by atoms with E-state index < -0.39 is 0 Å². The van der Waals surface area contributed by atoms with Gasteiger partial charge in [0.15, 0.2) is 0 Å². The van der Waals surface area contributed by atoms with Crippen LogP contribution in [-0.4, -0.2) is 19.5 Å². The van der Waals surface area contributed by atoms with Crippen LogP contribution in [0.15, 0.2) is 86.0 Å². The molecule has 1 aromatic carbocycles. The molecule has 0 aliphatic rings. The topological polar surface area (TPSA) is 55.6 Å². The molecule has 3 heterocycles. The fraction of sp³-hybridized carbons (Fsp3) is 0.0500. The molecule has 4 aromatic rings. The summed E-state index contributed by atoms with van der Waals surface area (Å²) in [6.07, 6.45) is 10.9. The molecular weight excluding hydrogens is 310 g/mol. The van der Waals surface area contributed by atoms with E-state index in [4.69, 9.17) is 0 Å². The summed E-state index contributed by atoms with van der Waals surface area (Å²) < 4.78 is 1.96. The number of rotatable bonds is 5. The first-order valence-corrected chi connectivity index (χ1v) is 7.99. The molecule has 0 radical (unpaired) electrons. The highest BCUT2D eigenvalue weighted by atomic mass is 15.1. The van der Waals surface area contributed by atoms with Crippen molar-refractivity contribution in [1.82, 2.24) is 19.5 Å². The summed E-state index contributed by atoms with van der Waals surface area (Å²) in [5.74, 6) is 0.779. The van der Waals surface area contributed by atoms with Gasteiger partial charge in [0.25, 0.3) is 0 Å². The first-order chi connectivity index (χ1) is 12.3. The molecule has 1 N–H and O–H groups in total. The Balaban J connectivity index is 1.59. The zero-order valence-electron chi connectivity index (χ0n) is 13.6. The molecule has 0 unspecified atom stereocenters. The van der Waals surface area contributed by atoms with Crippen LogP contribution in [0.3, 0.4) is 0 Å². The molecule has 25 heavy (non-hydrogen) atoms. The summed E-state index contributed by atoms with van der Waals surface area (Å²) in [6.45, 7) is 4.71. The summed E-state index contributed by atoms with van der Waals surface area (Å²) in [5.41, 5.74) is 3.09. The van der Waals surface area contributed by atoms with Gasteiger partial charge in [0.05, 0.1) is 12.9 Å². The molecular formula is C20H17N5. The van der Waals surface area contributed by atoms with Crippen molar-refractivity contribution in [1.29, 1.82) is 0 Å². The number of imidazole rings is 1. The van der Waals surface area contributed by atoms with Gasteiger partial charge in [0, 0.05) is 47.6 Å². The van der Waals surface area contributed by atoms with Crippen LogP contribution in [0.2, 0.25) is 0 Å². The Morgan fingerprint density at radius 1 is 1.00 bits per heavy atom. The Labute approximate surface area is 145 Å². The van der Waals surface area contributed by atoms with Gasteiger partial charge in [0.2, 0.25) is 0 Å². The maximum Gasteiger partial charge on any atom is 0.130 e. The van der Waals surface area contributed by atoms with E-state index in [1.165, 1.54) is 0 Å². The molecule has 0 saturated carbocycles. The number of hydrogen-bond acceptors (Lipinski definition) is 4. The summed E-state index contributed by atoms with van der Waals surface area (Å²) in [4.78, 5) is 12.7. The van der Waals surface area contributed by atoms with Crippen LogP contribution in [0.25, 0.3) is 21.9 Å². The fourth-order valence-electron chi connectivity index (χ4n) is 2.74. The minimum Gasteiger partial charge on any atom is -0.343 e. The quantitative estimate of drug-likeness (QED) is 0.599. The second-order valence-corrected chi connectivity index (χ2v) is 5.84. The van der Waals surface area contributed by atoms with E-state index in [1.54, 1.807) is 18.7 Å². The zero-order chi connectivity index (χ0) is 17.1. The summed E-state index contributed by atoms with van der Waals surface area (Å²) in [6, 6.07) is 12.4. The summed E-state index contributed by atoms with van der Waals surface area (Å²) in [7, 11) is 0. The van der Waals surface area contributed by atoms with Gasteiger partial charge in [0.1, 0.15) is 5.82 Å². The number of aromatic nitrogens is 4. The van der Waals surface area contributed by atoms with E-state index in [0.29, 0.717) is 6.54 Å². The van der Waals surface area contributed by atoms with E-state index in [9.17, 15) is 0 Å². The van der Waals surface area contributed by atoms with Gasteiger partial charge in [-0.15, -0.1) is 0 Å². The highest BCUT2D eigenvalue weighted by molar-refractivity contribution is 5.88. The third kappa shape index (κ3) is 3.40. The Hall–Kier alpha value is -3.47. The van der Waals surface area contributed by atoms with Crippen molar-refractivity contribution in [3.8, 4) is 11.1 Å². The summed E-state index contributed by atoms with van der Waals surface area (Å²) >= 11 is 0. The lowest BCUT2D eigenvalue weighted by Crippen LogP contribution is -2.07. The fourth-order valence-corrected chi connectivity index (χ4v) is 2.74. The second-order valence-electron chi connectivity index (χ2n) is 5.84. The predicted octanol–water partition coefficient (Wildman–Crippen LogP) is 4.12. The molecule has 0 amide bonds. The first-order valence-electron chi connectivity index (χ1n) is 7.99. The molecule has 0 aliphatic carbocycles. The molecule has 3 aromatic heterocycles. The third-order valence-electron chi connectivity index (χ3n) is 3.95. The Kier molecular flexibility index (Phi) is 3.96. The maximum atomic E-state index is 4.47. The second kappa shape index (κ2) is 6.57. The van der Waals surface area contributed by atoms with Crippen molar-refractivity contribution in [3.05, 3.63) is 86.0 Å². The van der Waals surface area contributed by atoms with Gasteiger partial charge in [-0.1, -0.05) is 24.8 Å². The summed E-state index contributed by atoms with van der Waals surface area (Å²) in [5, 5.41) is 5.48.